The van der Waals surface area contributed by atoms with E-state index < -0.39 is 11.5 Å². The summed E-state index contributed by atoms with van der Waals surface area (Å²) in [5, 5.41) is 2.78. The van der Waals surface area contributed by atoms with Crippen molar-refractivity contribution in [3.63, 3.8) is 0 Å². The average Bonchev–Trinajstić information content (AvgIpc) is 2.72. The fourth-order valence-electron chi connectivity index (χ4n) is 2.68. The highest BCUT2D eigenvalue weighted by Gasteiger charge is 2.11. The molecule has 0 spiro atoms. The Morgan fingerprint density at radius 1 is 1.17 bits per heavy atom. The van der Waals surface area contributed by atoms with E-state index in [4.69, 9.17) is 0 Å². The molecule has 1 aromatic heterocycles. The number of rotatable bonds is 3. The molecule has 1 amide bonds. The number of aryl methyl sites for hydroxylation is 2. The normalized spacial score (nSPS) is 10.9. The van der Waals surface area contributed by atoms with Gasteiger partial charge >= 0.3 is 5.69 Å². The third-order valence-corrected chi connectivity index (χ3v) is 3.54. The second-order valence-corrected chi connectivity index (χ2v) is 5.60. The van der Waals surface area contributed by atoms with Crippen molar-refractivity contribution in [3.05, 3.63) is 63.8 Å². The molecule has 0 saturated heterocycles. The van der Waals surface area contributed by atoms with Gasteiger partial charge in [-0.25, -0.2) is 9.18 Å². The van der Waals surface area contributed by atoms with Crippen molar-refractivity contribution in [3.8, 4) is 0 Å². The van der Waals surface area contributed by atoms with Crippen molar-refractivity contribution in [1.82, 2.24) is 9.55 Å². The number of aromatic nitrogens is 2. The van der Waals surface area contributed by atoms with Gasteiger partial charge in [0.25, 0.3) is 0 Å². The molecule has 5 nitrogen and oxygen atoms in total. The largest absolute Gasteiger partial charge is 0.326 e. The number of carbonyl (C=O) groups is 1. The van der Waals surface area contributed by atoms with E-state index in [2.05, 4.69) is 10.3 Å². The van der Waals surface area contributed by atoms with E-state index in [1.807, 2.05) is 32.0 Å². The lowest BCUT2D eigenvalue weighted by Crippen LogP contribution is -2.25. The second-order valence-electron chi connectivity index (χ2n) is 5.60. The molecule has 0 saturated carbocycles. The van der Waals surface area contributed by atoms with E-state index in [0.29, 0.717) is 16.7 Å². The summed E-state index contributed by atoms with van der Waals surface area (Å²) in [6.45, 7) is 3.75. The van der Waals surface area contributed by atoms with Crippen LogP contribution < -0.4 is 11.0 Å². The van der Waals surface area contributed by atoms with Crippen LogP contribution >= 0.6 is 0 Å². The number of halogens is 1. The summed E-state index contributed by atoms with van der Waals surface area (Å²) in [4.78, 5) is 26.7. The number of amides is 1. The van der Waals surface area contributed by atoms with Crippen LogP contribution in [0.5, 0.6) is 0 Å². The lowest BCUT2D eigenvalue weighted by Gasteiger charge is -2.08. The van der Waals surface area contributed by atoms with Crippen molar-refractivity contribution in [2.45, 2.75) is 20.4 Å². The number of carbonyl (C=O) groups excluding carboxylic acids is 1. The van der Waals surface area contributed by atoms with Crippen molar-refractivity contribution in [2.24, 2.45) is 0 Å². The summed E-state index contributed by atoms with van der Waals surface area (Å²) >= 11 is 0. The molecule has 118 valence electrons. The summed E-state index contributed by atoms with van der Waals surface area (Å²) in [6, 6.07) is 9.70. The first-order valence-electron chi connectivity index (χ1n) is 7.18. The van der Waals surface area contributed by atoms with Gasteiger partial charge in [-0.3, -0.25) is 9.36 Å². The molecule has 0 radical (unpaired) electrons. The van der Waals surface area contributed by atoms with Gasteiger partial charge in [-0.1, -0.05) is 6.07 Å². The molecule has 3 aromatic rings. The van der Waals surface area contributed by atoms with E-state index in [1.165, 1.54) is 22.8 Å². The van der Waals surface area contributed by atoms with Gasteiger partial charge in [0.1, 0.15) is 12.4 Å². The maximum Gasteiger partial charge on any atom is 0.326 e. The van der Waals surface area contributed by atoms with Gasteiger partial charge < -0.3 is 10.3 Å². The monoisotopic (exact) mass is 313 g/mol. The molecular weight excluding hydrogens is 297 g/mol. The Kier molecular flexibility index (Phi) is 3.73. The zero-order valence-corrected chi connectivity index (χ0v) is 12.8. The van der Waals surface area contributed by atoms with E-state index in [0.717, 1.165) is 11.1 Å². The minimum atomic E-state index is -0.443. The van der Waals surface area contributed by atoms with Crippen molar-refractivity contribution in [1.29, 1.82) is 0 Å². The van der Waals surface area contributed by atoms with Crippen LogP contribution in [0.3, 0.4) is 0 Å². The number of nitrogens with zero attached hydrogens (tertiary/aromatic N) is 1. The zero-order valence-electron chi connectivity index (χ0n) is 12.8. The molecule has 23 heavy (non-hydrogen) atoms. The molecular formula is C17H16FN3O2. The smallest absolute Gasteiger partial charge is 0.325 e. The number of nitrogens with one attached hydrogen (secondary N) is 2. The molecule has 0 fully saturated rings. The lowest BCUT2D eigenvalue weighted by molar-refractivity contribution is -0.116. The number of anilines is 1. The number of hydrogen-bond donors (Lipinski definition) is 2. The highest BCUT2D eigenvalue weighted by Crippen LogP contribution is 2.15. The third-order valence-electron chi connectivity index (χ3n) is 3.54. The molecule has 0 aliphatic carbocycles. The lowest BCUT2D eigenvalue weighted by atomic mass is 10.1. The third kappa shape index (κ3) is 3.15. The first kappa shape index (κ1) is 15.0. The van der Waals surface area contributed by atoms with Gasteiger partial charge in [0.2, 0.25) is 5.91 Å². The van der Waals surface area contributed by atoms with Crippen LogP contribution in [0.1, 0.15) is 11.1 Å². The Hall–Kier alpha value is -2.89. The van der Waals surface area contributed by atoms with E-state index in [9.17, 15) is 14.0 Å². The predicted molar refractivity (Wildman–Crippen MR) is 87.1 cm³/mol. The van der Waals surface area contributed by atoms with E-state index in [1.54, 1.807) is 0 Å². The molecule has 0 aliphatic rings. The number of benzene rings is 2. The SMILES string of the molecule is Cc1cc(C)cc(NC(=O)Cn2c(=O)[nH]c3cc(F)ccc32)c1. The summed E-state index contributed by atoms with van der Waals surface area (Å²) < 4.78 is 14.5. The first-order chi connectivity index (χ1) is 10.9. The van der Waals surface area contributed by atoms with Gasteiger partial charge in [0.05, 0.1) is 11.0 Å². The molecule has 6 heteroatoms. The van der Waals surface area contributed by atoms with E-state index in [-0.39, 0.29) is 12.5 Å². The number of hydrogen-bond acceptors (Lipinski definition) is 2. The van der Waals surface area contributed by atoms with Crippen LogP contribution in [0.2, 0.25) is 0 Å². The minimum Gasteiger partial charge on any atom is -0.325 e. The quantitative estimate of drug-likeness (QED) is 0.781. The zero-order chi connectivity index (χ0) is 16.6. The molecule has 1 heterocycles. The van der Waals surface area contributed by atoms with Crippen molar-refractivity contribution < 1.29 is 9.18 Å². The van der Waals surface area contributed by atoms with Crippen LogP contribution in [-0.4, -0.2) is 15.5 Å². The maximum atomic E-state index is 13.2. The molecule has 0 unspecified atom stereocenters. The molecule has 3 rings (SSSR count). The number of aromatic amines is 1. The molecule has 0 aliphatic heterocycles. The van der Waals surface area contributed by atoms with Crippen LogP contribution in [0.25, 0.3) is 11.0 Å². The highest BCUT2D eigenvalue weighted by molar-refractivity contribution is 5.91. The topological polar surface area (TPSA) is 66.9 Å². The summed E-state index contributed by atoms with van der Waals surface area (Å²) in [5.41, 5.74) is 3.19. The second kappa shape index (κ2) is 5.72. The first-order valence-corrected chi connectivity index (χ1v) is 7.18. The number of imidazole rings is 1. The van der Waals surface area contributed by atoms with Gasteiger partial charge in [-0.05, 0) is 55.3 Å². The fraction of sp³-hybridized carbons (Fsp3) is 0.176. The predicted octanol–water partition coefficient (Wildman–Crippen LogP) is 2.72. The van der Waals surface area contributed by atoms with Crippen LogP contribution in [0, 0.1) is 19.7 Å². The average molecular weight is 313 g/mol. The highest BCUT2D eigenvalue weighted by atomic mass is 19.1. The van der Waals surface area contributed by atoms with Gasteiger partial charge in [-0.15, -0.1) is 0 Å². The number of H-pyrrole nitrogens is 1. The van der Waals surface area contributed by atoms with E-state index >= 15 is 0 Å². The molecule has 2 aromatic carbocycles. The Morgan fingerprint density at radius 2 is 1.87 bits per heavy atom. The Balaban J connectivity index is 1.85. The minimum absolute atomic E-state index is 0.141. The van der Waals surface area contributed by atoms with Gasteiger partial charge in [0.15, 0.2) is 0 Å². The Bertz CT molecular complexity index is 936. The van der Waals surface area contributed by atoms with Gasteiger partial charge in [0, 0.05) is 5.69 Å². The molecule has 0 atom stereocenters. The molecule has 0 bridgehead atoms. The summed E-state index contributed by atoms with van der Waals surface area (Å²) in [7, 11) is 0. The van der Waals surface area contributed by atoms with Crippen LogP contribution in [0.15, 0.2) is 41.2 Å². The van der Waals surface area contributed by atoms with Gasteiger partial charge in [-0.2, -0.15) is 0 Å². The van der Waals surface area contributed by atoms with Crippen LogP contribution in [-0.2, 0) is 11.3 Å². The summed E-state index contributed by atoms with van der Waals surface area (Å²) in [6.07, 6.45) is 0. The fourth-order valence-corrected chi connectivity index (χ4v) is 2.68. The number of fused-ring (bicyclic) bond motifs is 1. The standard InChI is InChI=1S/C17H16FN3O2/c1-10-5-11(2)7-13(6-10)19-16(22)9-21-15-4-3-12(18)8-14(15)20-17(21)23/h3-8H,9H2,1-2H3,(H,19,22)(H,20,23). The van der Waals surface area contributed by atoms with Crippen LogP contribution in [0.4, 0.5) is 10.1 Å². The van der Waals surface area contributed by atoms with Crippen molar-refractivity contribution >= 4 is 22.6 Å². The molecule has 2 N–H and O–H groups in total. The van der Waals surface area contributed by atoms with Crippen molar-refractivity contribution in [2.75, 3.05) is 5.32 Å². The summed E-state index contributed by atoms with van der Waals surface area (Å²) in [5.74, 6) is -0.757. The Morgan fingerprint density at radius 3 is 2.57 bits per heavy atom. The maximum absolute atomic E-state index is 13.2. The Labute approximate surface area is 131 Å².